The van der Waals surface area contributed by atoms with Gasteiger partial charge in [-0.05, 0) is 35.9 Å². The van der Waals surface area contributed by atoms with Gasteiger partial charge in [0, 0.05) is 38.9 Å². The van der Waals surface area contributed by atoms with E-state index < -0.39 is 23.4 Å². The molecular formula is C24H24F3N3O3. The van der Waals surface area contributed by atoms with Gasteiger partial charge in [-0.3, -0.25) is 0 Å². The summed E-state index contributed by atoms with van der Waals surface area (Å²) in [4.78, 5) is 13.6. The van der Waals surface area contributed by atoms with Crippen LogP contribution in [0.1, 0.15) is 42.1 Å². The summed E-state index contributed by atoms with van der Waals surface area (Å²) in [6.07, 6.45) is -3.60. The van der Waals surface area contributed by atoms with Gasteiger partial charge in [0.2, 0.25) is 0 Å². The van der Waals surface area contributed by atoms with E-state index in [4.69, 9.17) is 14.7 Å². The highest BCUT2D eigenvalue weighted by molar-refractivity contribution is 5.70. The van der Waals surface area contributed by atoms with Crippen molar-refractivity contribution >= 4 is 6.09 Å². The smallest absolute Gasteiger partial charge is 0.416 e. The maximum atomic E-state index is 13.3. The summed E-state index contributed by atoms with van der Waals surface area (Å²) in [7, 11) is 0. The zero-order valence-electron chi connectivity index (χ0n) is 17.9. The first-order chi connectivity index (χ1) is 15.8. The number of carbonyl (C=O) groups is 1. The number of nitrogens with one attached hydrogen (secondary N) is 1. The molecule has 2 fully saturated rings. The van der Waals surface area contributed by atoms with Crippen LogP contribution in [0, 0.1) is 11.3 Å². The maximum Gasteiger partial charge on any atom is 0.416 e. The normalized spacial score (nSPS) is 18.9. The summed E-state index contributed by atoms with van der Waals surface area (Å²) in [5.74, 6) is 0.429. The van der Waals surface area contributed by atoms with Crippen molar-refractivity contribution in [2.75, 3.05) is 26.2 Å². The quantitative estimate of drug-likeness (QED) is 0.680. The minimum atomic E-state index is -4.45. The van der Waals surface area contributed by atoms with Crippen LogP contribution < -0.4 is 10.1 Å². The number of alkyl halides is 3. The van der Waals surface area contributed by atoms with Crippen LogP contribution >= 0.6 is 0 Å². The average Bonchev–Trinajstić information content (AvgIpc) is 3.17. The topological polar surface area (TPSA) is 74.6 Å². The third-order valence-electron chi connectivity index (χ3n) is 6.17. The molecule has 0 bridgehead atoms. The molecule has 174 valence electrons. The number of benzene rings is 2. The fourth-order valence-electron chi connectivity index (χ4n) is 4.28. The summed E-state index contributed by atoms with van der Waals surface area (Å²) in [5.41, 5.74) is -0.344. The first-order valence-electron chi connectivity index (χ1n) is 10.8. The molecule has 4 rings (SSSR count). The van der Waals surface area contributed by atoms with Crippen molar-refractivity contribution in [3.8, 4) is 11.8 Å². The Morgan fingerprint density at radius 3 is 2.61 bits per heavy atom. The second-order valence-electron chi connectivity index (χ2n) is 8.43. The van der Waals surface area contributed by atoms with Crippen LogP contribution in [0.2, 0.25) is 0 Å². The van der Waals surface area contributed by atoms with Crippen LogP contribution in [0.5, 0.6) is 5.75 Å². The Morgan fingerprint density at radius 2 is 1.94 bits per heavy atom. The molecular weight excluding hydrogens is 435 g/mol. The van der Waals surface area contributed by atoms with Crippen molar-refractivity contribution in [1.29, 1.82) is 5.26 Å². The van der Waals surface area contributed by atoms with Crippen molar-refractivity contribution in [3.63, 3.8) is 0 Å². The van der Waals surface area contributed by atoms with Gasteiger partial charge in [-0.25, -0.2) is 4.79 Å². The van der Waals surface area contributed by atoms with Crippen LogP contribution in [0.15, 0.2) is 48.5 Å². The Labute approximate surface area is 189 Å². The van der Waals surface area contributed by atoms with Gasteiger partial charge in [0.05, 0.1) is 23.7 Å². The van der Waals surface area contributed by atoms with Crippen molar-refractivity contribution in [2.24, 2.45) is 0 Å². The zero-order valence-corrected chi connectivity index (χ0v) is 17.9. The van der Waals surface area contributed by atoms with E-state index in [1.165, 1.54) is 6.07 Å². The van der Waals surface area contributed by atoms with Crippen molar-refractivity contribution in [2.45, 2.75) is 37.1 Å². The summed E-state index contributed by atoms with van der Waals surface area (Å²) < 4.78 is 51.4. The molecule has 0 radical (unpaired) electrons. The van der Waals surface area contributed by atoms with Gasteiger partial charge in [-0.1, -0.05) is 18.2 Å². The SMILES string of the molecule is N#Cc1cccc(OC(CCN2CCC3(CC2)CNC(=O)O3)c2cccc(C(F)(F)F)c2)c1. The number of carbonyl (C=O) groups excluding carboxylic acids is 1. The third kappa shape index (κ3) is 5.57. The van der Waals surface area contributed by atoms with E-state index in [1.54, 1.807) is 30.3 Å². The minimum absolute atomic E-state index is 0.388. The number of piperidine rings is 1. The van der Waals surface area contributed by atoms with Gasteiger partial charge in [-0.15, -0.1) is 0 Å². The molecule has 33 heavy (non-hydrogen) atoms. The molecule has 6 nitrogen and oxygen atoms in total. The van der Waals surface area contributed by atoms with Gasteiger partial charge in [0.15, 0.2) is 0 Å². The van der Waals surface area contributed by atoms with Crippen LogP contribution in [0.3, 0.4) is 0 Å². The Morgan fingerprint density at radius 1 is 1.18 bits per heavy atom. The highest BCUT2D eigenvalue weighted by Crippen LogP contribution is 2.34. The fourth-order valence-corrected chi connectivity index (χ4v) is 4.28. The number of nitriles is 1. The Balaban J connectivity index is 1.47. The predicted octanol–water partition coefficient (Wildman–Crippen LogP) is 4.66. The summed E-state index contributed by atoms with van der Waals surface area (Å²) >= 11 is 0. The zero-order chi connectivity index (χ0) is 23.5. The standard InChI is InChI=1S/C24H24F3N3O3/c25-24(26,27)19-5-2-4-18(14-19)21(32-20-6-1-3-17(13-20)15-28)7-10-30-11-8-23(9-12-30)16-29-22(31)33-23/h1-6,13-14,21H,7-12,16H2,(H,29,31). The lowest BCUT2D eigenvalue weighted by Crippen LogP contribution is -2.47. The molecule has 2 saturated heterocycles. The fraction of sp³-hybridized carbons (Fsp3) is 0.417. The molecule has 1 spiro atoms. The first-order valence-corrected chi connectivity index (χ1v) is 10.8. The third-order valence-corrected chi connectivity index (χ3v) is 6.17. The average molecular weight is 459 g/mol. The molecule has 2 heterocycles. The van der Waals surface area contributed by atoms with Crippen LogP contribution in [0.4, 0.5) is 18.0 Å². The van der Waals surface area contributed by atoms with E-state index >= 15 is 0 Å². The second-order valence-corrected chi connectivity index (χ2v) is 8.43. The molecule has 1 amide bonds. The van der Waals surface area contributed by atoms with Crippen molar-refractivity contribution in [3.05, 3.63) is 65.2 Å². The Hall–Kier alpha value is -3.25. The van der Waals surface area contributed by atoms with Gasteiger partial charge in [0.25, 0.3) is 0 Å². The lowest BCUT2D eigenvalue weighted by molar-refractivity contribution is -0.137. The number of halogens is 3. The highest BCUT2D eigenvalue weighted by Gasteiger charge is 2.42. The number of rotatable bonds is 6. The Kier molecular flexibility index (Phi) is 6.47. The molecule has 0 aliphatic carbocycles. The largest absolute Gasteiger partial charge is 0.486 e. The molecule has 2 aliphatic rings. The molecule has 2 aliphatic heterocycles. The molecule has 1 N–H and O–H groups in total. The molecule has 1 atom stereocenters. The molecule has 9 heteroatoms. The van der Waals surface area contributed by atoms with E-state index in [0.717, 1.165) is 12.1 Å². The number of nitrogens with zero attached hydrogens (tertiary/aromatic N) is 2. The van der Waals surface area contributed by atoms with Gasteiger partial charge in [0.1, 0.15) is 17.5 Å². The number of ether oxygens (including phenoxy) is 2. The monoisotopic (exact) mass is 459 g/mol. The molecule has 1 unspecified atom stereocenters. The van der Waals surface area contributed by atoms with E-state index in [0.29, 0.717) is 62.3 Å². The van der Waals surface area contributed by atoms with Crippen molar-refractivity contribution < 1.29 is 27.4 Å². The number of hydrogen-bond acceptors (Lipinski definition) is 5. The number of hydrogen-bond donors (Lipinski definition) is 1. The van der Waals surface area contributed by atoms with Crippen LogP contribution in [-0.4, -0.2) is 42.8 Å². The predicted molar refractivity (Wildman–Crippen MR) is 113 cm³/mol. The van der Waals surface area contributed by atoms with E-state index in [2.05, 4.69) is 10.2 Å². The molecule has 2 aromatic rings. The molecule has 2 aromatic carbocycles. The lowest BCUT2D eigenvalue weighted by Gasteiger charge is -2.37. The molecule has 0 saturated carbocycles. The Bertz CT molecular complexity index is 1040. The maximum absolute atomic E-state index is 13.3. The van der Waals surface area contributed by atoms with E-state index in [1.807, 2.05) is 6.07 Å². The van der Waals surface area contributed by atoms with E-state index in [9.17, 15) is 18.0 Å². The summed E-state index contributed by atoms with van der Waals surface area (Å²) in [6.45, 7) is 2.55. The summed E-state index contributed by atoms with van der Waals surface area (Å²) in [5, 5.41) is 11.8. The first kappa shape index (κ1) is 22.9. The number of alkyl carbamates (subject to hydrolysis) is 1. The van der Waals surface area contributed by atoms with E-state index in [-0.39, 0.29) is 6.09 Å². The van der Waals surface area contributed by atoms with Crippen molar-refractivity contribution in [1.82, 2.24) is 10.2 Å². The molecule has 0 aromatic heterocycles. The second kappa shape index (κ2) is 9.32. The van der Waals surface area contributed by atoms with Gasteiger partial charge < -0.3 is 19.7 Å². The van der Waals surface area contributed by atoms with Gasteiger partial charge in [-0.2, -0.15) is 18.4 Å². The number of amides is 1. The summed E-state index contributed by atoms with van der Waals surface area (Å²) in [6, 6.07) is 13.8. The van der Waals surface area contributed by atoms with Crippen LogP contribution in [0.25, 0.3) is 0 Å². The minimum Gasteiger partial charge on any atom is -0.486 e. The number of likely N-dealkylation sites (tertiary alicyclic amines) is 1. The highest BCUT2D eigenvalue weighted by atomic mass is 19.4. The van der Waals surface area contributed by atoms with Gasteiger partial charge >= 0.3 is 12.3 Å². The lowest BCUT2D eigenvalue weighted by atomic mass is 9.91. The van der Waals surface area contributed by atoms with Crippen LogP contribution in [-0.2, 0) is 10.9 Å².